The molecular formula is C26H14N2S. The lowest BCUT2D eigenvalue weighted by Gasteiger charge is -2.07. The average Bonchev–Trinajstić information content (AvgIpc) is 3.54. The smallest absolute Gasteiger partial charge is 0.121 e. The second-order valence-corrected chi connectivity index (χ2v) is 7.08. The van der Waals surface area contributed by atoms with E-state index in [9.17, 15) is 0 Å². The van der Waals surface area contributed by atoms with E-state index in [0.29, 0.717) is 0 Å². The van der Waals surface area contributed by atoms with Gasteiger partial charge in [-0.25, -0.2) is 0 Å². The topological polar surface area (TPSA) is 25.8 Å². The maximum absolute atomic E-state index is 4.44. The molecule has 2 aromatic carbocycles. The molecule has 10 radical (unpaired) electrons. The van der Waals surface area contributed by atoms with Crippen LogP contribution < -0.4 is 0 Å². The summed E-state index contributed by atoms with van der Waals surface area (Å²) in [5, 5.41) is 0. The highest BCUT2D eigenvalue weighted by Crippen LogP contribution is 2.30. The van der Waals surface area contributed by atoms with Crippen molar-refractivity contribution in [3.05, 3.63) is 122 Å². The highest BCUT2D eigenvalue weighted by atomic mass is 32.1. The average molecular weight is 386 g/mol. The van der Waals surface area contributed by atoms with Crippen molar-refractivity contribution in [1.29, 1.82) is 0 Å². The van der Waals surface area contributed by atoms with Gasteiger partial charge in [0, 0.05) is 11.5 Å². The molecule has 2 aliphatic rings. The van der Waals surface area contributed by atoms with Gasteiger partial charge in [-0.2, -0.15) is 8.75 Å². The third-order valence-electron chi connectivity index (χ3n) is 4.64. The van der Waals surface area contributed by atoms with Gasteiger partial charge in [-0.1, -0.05) is 35.8 Å². The number of benzene rings is 2. The summed E-state index contributed by atoms with van der Waals surface area (Å²) in [6, 6.07) is 12.2. The Morgan fingerprint density at radius 2 is 1.17 bits per heavy atom. The molecule has 0 amide bonds. The van der Waals surface area contributed by atoms with Crippen LogP contribution >= 0.6 is 11.7 Å². The molecule has 0 N–H and O–H groups in total. The minimum Gasteiger partial charge on any atom is -0.172 e. The second-order valence-electron chi connectivity index (χ2n) is 6.55. The molecule has 0 unspecified atom stereocenters. The molecule has 1 aromatic heterocycles. The number of hydrogen-bond acceptors (Lipinski definition) is 3. The first-order valence-corrected chi connectivity index (χ1v) is 9.93. The molecule has 29 heavy (non-hydrogen) atoms. The second kappa shape index (κ2) is 8.40. The van der Waals surface area contributed by atoms with Crippen molar-refractivity contribution < 1.29 is 0 Å². The molecule has 0 spiro atoms. The van der Waals surface area contributed by atoms with E-state index >= 15 is 0 Å². The highest BCUT2D eigenvalue weighted by Gasteiger charge is 2.18. The van der Waals surface area contributed by atoms with Crippen molar-refractivity contribution in [3.8, 4) is 23.7 Å². The molecule has 134 valence electrons. The molecule has 2 nitrogen and oxygen atoms in total. The van der Waals surface area contributed by atoms with Crippen molar-refractivity contribution in [2.75, 3.05) is 0 Å². The summed E-state index contributed by atoms with van der Waals surface area (Å²) in [5.41, 5.74) is 5.53. The summed E-state index contributed by atoms with van der Waals surface area (Å²) >= 11 is 1.19. The van der Waals surface area contributed by atoms with Crippen molar-refractivity contribution in [3.63, 3.8) is 0 Å². The summed E-state index contributed by atoms with van der Waals surface area (Å²) in [6.45, 7) is 0. The van der Waals surface area contributed by atoms with E-state index in [1.165, 1.54) is 23.2 Å². The van der Waals surface area contributed by atoms with E-state index in [4.69, 9.17) is 0 Å². The Balaban J connectivity index is 1.39. The Bertz CT molecular complexity index is 1120. The normalized spacial score (nSPS) is 17.1. The van der Waals surface area contributed by atoms with Crippen molar-refractivity contribution in [2.24, 2.45) is 0 Å². The standard InChI is InChI=1S/C26H14N2S/c1-2-6-19(5-1)11-15-23-17-18-24(26-25(23)27-29-28-26)16-12-20-9-13-22(14-10-20)21-7-3-4-8-21/h1-10,13-14,17-18H. The molecule has 0 bridgehead atoms. The Kier molecular flexibility index (Phi) is 5.33. The van der Waals surface area contributed by atoms with Gasteiger partial charge in [-0.3, -0.25) is 0 Å². The van der Waals surface area contributed by atoms with Gasteiger partial charge in [-0.05, 0) is 81.2 Å². The minimum atomic E-state index is 0.810. The van der Waals surface area contributed by atoms with Crippen LogP contribution in [0.25, 0.3) is 11.0 Å². The Morgan fingerprint density at radius 1 is 0.586 bits per heavy atom. The molecule has 1 heterocycles. The van der Waals surface area contributed by atoms with Gasteiger partial charge < -0.3 is 0 Å². The van der Waals surface area contributed by atoms with Gasteiger partial charge in [0.1, 0.15) is 11.0 Å². The van der Waals surface area contributed by atoms with Gasteiger partial charge in [0.25, 0.3) is 0 Å². The van der Waals surface area contributed by atoms with Gasteiger partial charge >= 0.3 is 0 Å². The minimum absolute atomic E-state index is 0.810. The molecule has 0 saturated heterocycles. The van der Waals surface area contributed by atoms with Gasteiger partial charge in [0.2, 0.25) is 0 Å². The highest BCUT2D eigenvalue weighted by molar-refractivity contribution is 7.00. The van der Waals surface area contributed by atoms with Crippen LogP contribution in [0.2, 0.25) is 0 Å². The summed E-state index contributed by atoms with van der Waals surface area (Å²) in [4.78, 5) is 0. The molecule has 2 saturated carbocycles. The van der Waals surface area contributed by atoms with Gasteiger partial charge in [-0.15, -0.1) is 0 Å². The zero-order valence-electron chi connectivity index (χ0n) is 15.4. The van der Waals surface area contributed by atoms with E-state index in [1.807, 2.05) is 62.8 Å². The van der Waals surface area contributed by atoms with Crippen LogP contribution in [0.3, 0.4) is 0 Å². The summed E-state index contributed by atoms with van der Waals surface area (Å²) in [7, 11) is 0. The van der Waals surface area contributed by atoms with Crippen molar-refractivity contribution in [2.45, 2.75) is 0 Å². The SMILES string of the molecule is C(#Cc1ccc(C#Cc2ccc([C]3[CH][CH][CH][CH]3)cc2)c2nsnc12)[C]1[CH][CH][CH][CH]1. The van der Waals surface area contributed by atoms with Crippen molar-refractivity contribution >= 4 is 22.8 Å². The number of fused-ring (bicyclic) bond motifs is 1. The molecule has 2 aliphatic carbocycles. The Hall–Kier alpha value is -2.62. The molecule has 5 rings (SSSR count). The molecular weight excluding hydrogens is 372 g/mol. The summed E-state index contributed by atoms with van der Waals surface area (Å²) in [5.74, 6) is 15.1. The zero-order valence-corrected chi connectivity index (χ0v) is 16.2. The lowest BCUT2D eigenvalue weighted by Crippen LogP contribution is -1.94. The van der Waals surface area contributed by atoms with Crippen LogP contribution in [0.15, 0.2) is 36.4 Å². The zero-order chi connectivity index (χ0) is 19.5. The van der Waals surface area contributed by atoms with Crippen LogP contribution in [-0.2, 0) is 0 Å². The fourth-order valence-corrected chi connectivity index (χ4v) is 3.69. The number of rotatable bonds is 1. The summed E-state index contributed by atoms with van der Waals surface area (Å²) in [6.07, 6.45) is 16.3. The van der Waals surface area contributed by atoms with Crippen LogP contribution in [0.4, 0.5) is 0 Å². The predicted molar refractivity (Wildman–Crippen MR) is 117 cm³/mol. The fourth-order valence-electron chi connectivity index (χ4n) is 3.12. The Morgan fingerprint density at radius 3 is 1.83 bits per heavy atom. The molecule has 2 fully saturated rings. The van der Waals surface area contributed by atoms with Crippen LogP contribution in [0.5, 0.6) is 0 Å². The third-order valence-corrected chi connectivity index (χ3v) is 5.17. The first kappa shape index (κ1) is 18.4. The van der Waals surface area contributed by atoms with E-state index in [2.05, 4.69) is 57.4 Å². The molecule has 0 aliphatic heterocycles. The number of hydrogen-bond donors (Lipinski definition) is 0. The van der Waals surface area contributed by atoms with Crippen LogP contribution in [-0.4, -0.2) is 8.75 Å². The number of aromatic nitrogens is 2. The maximum atomic E-state index is 4.44. The van der Waals surface area contributed by atoms with E-state index in [0.717, 1.165) is 33.6 Å². The number of nitrogens with zero attached hydrogens (tertiary/aromatic N) is 2. The van der Waals surface area contributed by atoms with Crippen LogP contribution in [0.1, 0.15) is 22.3 Å². The monoisotopic (exact) mass is 386 g/mol. The largest absolute Gasteiger partial charge is 0.172 e. The van der Waals surface area contributed by atoms with E-state index in [-0.39, 0.29) is 0 Å². The van der Waals surface area contributed by atoms with E-state index in [1.54, 1.807) is 0 Å². The van der Waals surface area contributed by atoms with Crippen molar-refractivity contribution in [1.82, 2.24) is 8.75 Å². The quantitative estimate of drug-likeness (QED) is 0.571. The first-order chi connectivity index (χ1) is 14.4. The predicted octanol–water partition coefficient (Wildman–Crippen LogP) is 4.60. The van der Waals surface area contributed by atoms with E-state index < -0.39 is 0 Å². The fraction of sp³-hybridized carbons (Fsp3) is 0. The lowest BCUT2D eigenvalue weighted by atomic mass is 9.97. The van der Waals surface area contributed by atoms with Gasteiger partial charge in [0.05, 0.1) is 28.8 Å². The summed E-state index contributed by atoms with van der Waals surface area (Å²) < 4.78 is 8.88. The first-order valence-electron chi connectivity index (χ1n) is 9.20. The lowest BCUT2D eigenvalue weighted by molar-refractivity contribution is 1.28. The molecule has 3 heteroatoms. The third kappa shape index (κ3) is 4.07. The molecule has 3 aromatic rings. The van der Waals surface area contributed by atoms with Gasteiger partial charge in [0.15, 0.2) is 0 Å². The molecule has 0 atom stereocenters. The van der Waals surface area contributed by atoms with Crippen LogP contribution in [0, 0.1) is 86.9 Å². The Labute approximate surface area is 177 Å². The maximum Gasteiger partial charge on any atom is 0.121 e.